The zero-order valence-electron chi connectivity index (χ0n) is 15.8. The number of amides is 1. The Morgan fingerprint density at radius 1 is 1.34 bits per heavy atom. The van der Waals surface area contributed by atoms with Crippen molar-refractivity contribution in [2.24, 2.45) is 0 Å². The number of rotatable bonds is 9. The summed E-state index contributed by atoms with van der Waals surface area (Å²) < 4.78 is 12.3. The molecule has 1 saturated heterocycles. The molecule has 1 aromatic heterocycles. The van der Waals surface area contributed by atoms with Crippen molar-refractivity contribution < 1.29 is 19.2 Å². The van der Waals surface area contributed by atoms with Crippen molar-refractivity contribution in [3.05, 3.63) is 51.3 Å². The highest BCUT2D eigenvalue weighted by molar-refractivity contribution is 6.32. The number of morpholine rings is 1. The lowest BCUT2D eigenvalue weighted by Crippen LogP contribution is -2.38. The molecule has 156 valence electrons. The van der Waals surface area contributed by atoms with Crippen LogP contribution in [0.3, 0.4) is 0 Å². The molecule has 0 spiro atoms. The number of nitro benzene ring substituents is 1. The number of carbonyl (C=O) groups excluding carboxylic acids is 1. The fourth-order valence-corrected chi connectivity index (χ4v) is 3.06. The van der Waals surface area contributed by atoms with E-state index in [4.69, 9.17) is 21.1 Å². The van der Waals surface area contributed by atoms with Gasteiger partial charge in [-0.1, -0.05) is 11.6 Å². The maximum atomic E-state index is 12.2. The van der Waals surface area contributed by atoms with Crippen molar-refractivity contribution in [2.75, 3.05) is 39.4 Å². The molecule has 1 fully saturated rings. The number of benzene rings is 1. The van der Waals surface area contributed by atoms with Crippen molar-refractivity contribution in [1.29, 1.82) is 0 Å². The van der Waals surface area contributed by atoms with Crippen LogP contribution in [0, 0.1) is 10.1 Å². The van der Waals surface area contributed by atoms with Crippen LogP contribution in [0.15, 0.2) is 30.5 Å². The van der Waals surface area contributed by atoms with Gasteiger partial charge in [0.25, 0.3) is 11.6 Å². The number of aromatic nitrogens is 2. The predicted molar refractivity (Wildman–Crippen MR) is 105 cm³/mol. The zero-order valence-corrected chi connectivity index (χ0v) is 16.5. The molecule has 1 aliphatic heterocycles. The number of halogens is 1. The Morgan fingerprint density at radius 2 is 2.14 bits per heavy atom. The monoisotopic (exact) mass is 423 g/mol. The molecule has 2 heterocycles. The fourth-order valence-electron chi connectivity index (χ4n) is 2.83. The van der Waals surface area contributed by atoms with Crippen molar-refractivity contribution in [2.45, 2.75) is 13.2 Å². The summed E-state index contributed by atoms with van der Waals surface area (Å²) in [5.74, 6) is 0.0426. The van der Waals surface area contributed by atoms with Crippen molar-refractivity contribution >= 4 is 23.2 Å². The van der Waals surface area contributed by atoms with Crippen LogP contribution in [0.2, 0.25) is 5.02 Å². The predicted octanol–water partition coefficient (Wildman–Crippen LogP) is 1.93. The Balaban J connectivity index is 1.42. The standard InChI is InChI=1S/C18H22ClN5O5/c19-15-12-14(24(26)27)2-3-17(15)29-13-23-7-4-16(21-23)18(25)20-5-1-6-22-8-10-28-11-9-22/h2-4,7,12H,1,5-6,8-11,13H2,(H,20,25). The molecule has 29 heavy (non-hydrogen) atoms. The Labute approximate surface area is 172 Å². The number of nitro groups is 1. The van der Waals surface area contributed by atoms with Gasteiger partial charge in [-0.15, -0.1) is 0 Å². The molecule has 0 saturated carbocycles. The topological polar surface area (TPSA) is 112 Å². The van der Waals surface area contributed by atoms with Crippen LogP contribution >= 0.6 is 11.6 Å². The van der Waals surface area contributed by atoms with Gasteiger partial charge >= 0.3 is 0 Å². The van der Waals surface area contributed by atoms with Gasteiger partial charge in [-0.25, -0.2) is 4.68 Å². The minimum absolute atomic E-state index is 0.0157. The van der Waals surface area contributed by atoms with E-state index in [9.17, 15) is 14.9 Å². The van der Waals surface area contributed by atoms with Gasteiger partial charge in [0.1, 0.15) is 11.4 Å². The average Bonchev–Trinajstić information content (AvgIpc) is 3.20. The summed E-state index contributed by atoms with van der Waals surface area (Å²) in [5.41, 5.74) is 0.170. The van der Waals surface area contributed by atoms with E-state index in [0.29, 0.717) is 12.3 Å². The highest BCUT2D eigenvalue weighted by Gasteiger charge is 2.13. The summed E-state index contributed by atoms with van der Waals surface area (Å²) in [6.45, 7) is 4.88. The van der Waals surface area contributed by atoms with Crippen LogP contribution in [0.1, 0.15) is 16.9 Å². The van der Waals surface area contributed by atoms with Crippen molar-refractivity contribution in [1.82, 2.24) is 20.0 Å². The summed E-state index contributed by atoms with van der Waals surface area (Å²) in [4.78, 5) is 24.7. The summed E-state index contributed by atoms with van der Waals surface area (Å²) in [7, 11) is 0. The largest absolute Gasteiger partial charge is 0.470 e. The third-order valence-electron chi connectivity index (χ3n) is 4.39. The Morgan fingerprint density at radius 3 is 2.86 bits per heavy atom. The van der Waals surface area contributed by atoms with Crippen LogP contribution in [-0.2, 0) is 11.5 Å². The lowest BCUT2D eigenvalue weighted by Gasteiger charge is -2.26. The van der Waals surface area contributed by atoms with E-state index in [0.717, 1.165) is 39.3 Å². The van der Waals surface area contributed by atoms with E-state index in [2.05, 4.69) is 15.3 Å². The number of nitrogens with one attached hydrogen (secondary N) is 1. The summed E-state index contributed by atoms with van der Waals surface area (Å²) >= 11 is 5.99. The lowest BCUT2D eigenvalue weighted by molar-refractivity contribution is -0.384. The third-order valence-corrected chi connectivity index (χ3v) is 4.69. The number of nitrogens with zero attached hydrogens (tertiary/aromatic N) is 4. The SMILES string of the molecule is O=C(NCCCN1CCOCC1)c1ccn(COc2ccc([N+](=O)[O-])cc2Cl)n1. The smallest absolute Gasteiger partial charge is 0.271 e. The Hall–Kier alpha value is -2.69. The van der Waals surface area contributed by atoms with Gasteiger partial charge in [0.2, 0.25) is 0 Å². The van der Waals surface area contributed by atoms with Gasteiger partial charge in [-0.05, 0) is 25.1 Å². The fraction of sp³-hybridized carbons (Fsp3) is 0.444. The molecule has 1 aliphatic rings. The molecule has 0 aliphatic carbocycles. The van der Waals surface area contributed by atoms with Crippen LogP contribution in [0.25, 0.3) is 0 Å². The Bertz CT molecular complexity index is 853. The second kappa shape index (κ2) is 10.2. The van der Waals surface area contributed by atoms with Gasteiger partial charge in [0, 0.05) is 38.0 Å². The first kappa shape index (κ1) is 21.0. The van der Waals surface area contributed by atoms with E-state index in [1.54, 1.807) is 12.3 Å². The minimum atomic E-state index is -0.533. The molecule has 1 aromatic carbocycles. The van der Waals surface area contributed by atoms with E-state index < -0.39 is 4.92 Å². The first-order valence-corrected chi connectivity index (χ1v) is 9.59. The normalized spacial score (nSPS) is 14.5. The quantitative estimate of drug-likeness (QED) is 0.372. The van der Waals surface area contributed by atoms with Crippen LogP contribution in [0.4, 0.5) is 5.69 Å². The van der Waals surface area contributed by atoms with Gasteiger partial charge in [-0.2, -0.15) is 5.10 Å². The molecule has 0 radical (unpaired) electrons. The molecule has 3 rings (SSSR count). The molecular weight excluding hydrogens is 402 g/mol. The molecule has 11 heteroatoms. The van der Waals surface area contributed by atoms with Gasteiger partial charge < -0.3 is 14.8 Å². The molecule has 0 atom stereocenters. The van der Waals surface area contributed by atoms with E-state index in [1.807, 2.05) is 0 Å². The van der Waals surface area contributed by atoms with Crippen molar-refractivity contribution in [3.63, 3.8) is 0 Å². The highest BCUT2D eigenvalue weighted by atomic mass is 35.5. The van der Waals surface area contributed by atoms with Gasteiger partial charge in [0.05, 0.1) is 23.2 Å². The number of non-ortho nitro benzene ring substituents is 1. The first-order chi connectivity index (χ1) is 14.0. The molecule has 2 aromatic rings. The summed E-state index contributed by atoms with van der Waals surface area (Å²) in [5, 5.41) is 17.9. The van der Waals surface area contributed by atoms with Crippen LogP contribution < -0.4 is 10.1 Å². The molecule has 10 nitrogen and oxygen atoms in total. The number of hydrogen-bond acceptors (Lipinski definition) is 7. The summed E-state index contributed by atoms with van der Waals surface area (Å²) in [6.07, 6.45) is 2.47. The molecule has 1 amide bonds. The second-order valence-electron chi connectivity index (χ2n) is 6.45. The van der Waals surface area contributed by atoms with Crippen LogP contribution in [0.5, 0.6) is 5.75 Å². The van der Waals surface area contributed by atoms with Crippen molar-refractivity contribution in [3.8, 4) is 5.75 Å². The molecule has 0 bridgehead atoms. The number of ether oxygens (including phenoxy) is 2. The van der Waals surface area contributed by atoms with Gasteiger partial charge in [-0.3, -0.25) is 19.8 Å². The number of hydrogen-bond donors (Lipinski definition) is 1. The second-order valence-corrected chi connectivity index (χ2v) is 6.86. The van der Waals surface area contributed by atoms with E-state index in [1.165, 1.54) is 22.9 Å². The summed E-state index contributed by atoms with van der Waals surface area (Å²) in [6, 6.07) is 5.54. The minimum Gasteiger partial charge on any atom is -0.470 e. The Kier molecular flexibility index (Phi) is 7.39. The van der Waals surface area contributed by atoms with E-state index in [-0.39, 0.29) is 29.0 Å². The average molecular weight is 424 g/mol. The third kappa shape index (κ3) is 6.14. The molecule has 1 N–H and O–H groups in total. The maximum absolute atomic E-state index is 12.2. The molecular formula is C18H22ClN5O5. The molecule has 0 unspecified atom stereocenters. The lowest BCUT2D eigenvalue weighted by atomic mass is 10.3. The maximum Gasteiger partial charge on any atom is 0.271 e. The van der Waals surface area contributed by atoms with Gasteiger partial charge in [0.15, 0.2) is 6.73 Å². The van der Waals surface area contributed by atoms with E-state index >= 15 is 0 Å². The zero-order chi connectivity index (χ0) is 20.6. The van der Waals surface area contributed by atoms with Crippen LogP contribution in [-0.4, -0.2) is 64.9 Å². The highest BCUT2D eigenvalue weighted by Crippen LogP contribution is 2.28. The first-order valence-electron chi connectivity index (χ1n) is 9.21. The number of carbonyl (C=O) groups is 1.